The fourth-order valence-corrected chi connectivity index (χ4v) is 2.31. The van der Waals surface area contributed by atoms with Crippen molar-refractivity contribution in [3.05, 3.63) is 58.3 Å². The second kappa shape index (κ2) is 7.94. The van der Waals surface area contributed by atoms with Crippen molar-refractivity contribution >= 4 is 27.5 Å². The third kappa shape index (κ3) is 5.15. The van der Waals surface area contributed by atoms with Crippen molar-refractivity contribution < 1.29 is 13.9 Å². The Kier molecular flexibility index (Phi) is 5.95. The van der Waals surface area contributed by atoms with Crippen LogP contribution in [0.5, 0.6) is 5.75 Å². The van der Waals surface area contributed by atoms with E-state index in [1.54, 1.807) is 12.1 Å². The molecule has 2 rings (SSSR count). The maximum Gasteiger partial charge on any atom is 0.224 e. The number of aryl methyl sites for hydroxylation is 1. The quantitative estimate of drug-likeness (QED) is 0.753. The number of rotatable bonds is 6. The first kappa shape index (κ1) is 16.5. The summed E-state index contributed by atoms with van der Waals surface area (Å²) in [4.78, 5) is 11.8. The van der Waals surface area contributed by atoms with E-state index in [-0.39, 0.29) is 18.0 Å². The van der Waals surface area contributed by atoms with E-state index in [1.807, 2.05) is 31.2 Å². The molecule has 0 unspecified atom stereocenters. The first-order valence-electron chi connectivity index (χ1n) is 6.99. The van der Waals surface area contributed by atoms with Gasteiger partial charge in [0.2, 0.25) is 5.91 Å². The minimum Gasteiger partial charge on any atom is -0.494 e. The summed E-state index contributed by atoms with van der Waals surface area (Å²) >= 11 is 3.36. The maximum absolute atomic E-state index is 13.5. The molecule has 116 valence electrons. The van der Waals surface area contributed by atoms with Gasteiger partial charge in [-0.15, -0.1) is 0 Å². The molecule has 0 fully saturated rings. The van der Waals surface area contributed by atoms with Crippen LogP contribution < -0.4 is 10.1 Å². The van der Waals surface area contributed by atoms with Crippen LogP contribution >= 0.6 is 15.9 Å². The van der Waals surface area contributed by atoms with E-state index in [1.165, 1.54) is 6.07 Å². The lowest BCUT2D eigenvalue weighted by Crippen LogP contribution is -2.14. The van der Waals surface area contributed by atoms with Crippen molar-refractivity contribution in [1.29, 1.82) is 0 Å². The summed E-state index contributed by atoms with van der Waals surface area (Å²) in [5.74, 6) is 0.103. The molecule has 5 heteroatoms. The molecule has 0 atom stereocenters. The Balaban J connectivity index is 1.75. The Labute approximate surface area is 137 Å². The number of hydrogen-bond acceptors (Lipinski definition) is 2. The largest absolute Gasteiger partial charge is 0.494 e. The molecule has 0 spiro atoms. The van der Waals surface area contributed by atoms with Gasteiger partial charge in [-0.3, -0.25) is 4.79 Å². The third-order valence-corrected chi connectivity index (χ3v) is 3.50. The highest BCUT2D eigenvalue weighted by Crippen LogP contribution is 2.18. The van der Waals surface area contributed by atoms with Crippen molar-refractivity contribution in [2.45, 2.75) is 19.8 Å². The predicted molar refractivity (Wildman–Crippen MR) is 88.6 cm³/mol. The van der Waals surface area contributed by atoms with E-state index < -0.39 is 5.82 Å². The van der Waals surface area contributed by atoms with E-state index >= 15 is 0 Å². The van der Waals surface area contributed by atoms with Crippen molar-refractivity contribution in [2.24, 2.45) is 0 Å². The number of ether oxygens (including phenoxy) is 1. The van der Waals surface area contributed by atoms with Crippen LogP contribution in [0.4, 0.5) is 10.1 Å². The van der Waals surface area contributed by atoms with Gasteiger partial charge >= 0.3 is 0 Å². The van der Waals surface area contributed by atoms with Gasteiger partial charge in [0.15, 0.2) is 0 Å². The Hall–Kier alpha value is -1.88. The molecular weight excluding hydrogens is 349 g/mol. The summed E-state index contributed by atoms with van der Waals surface area (Å²) in [6.07, 6.45) is 0.840. The second-order valence-electron chi connectivity index (χ2n) is 4.94. The predicted octanol–water partition coefficient (Wildman–Crippen LogP) is 4.69. The van der Waals surface area contributed by atoms with Crippen LogP contribution in [0, 0.1) is 12.7 Å². The first-order chi connectivity index (χ1) is 10.5. The van der Waals surface area contributed by atoms with Crippen LogP contribution in [0.2, 0.25) is 0 Å². The van der Waals surface area contributed by atoms with Gasteiger partial charge < -0.3 is 10.1 Å². The maximum atomic E-state index is 13.5. The number of amides is 1. The van der Waals surface area contributed by atoms with Gasteiger partial charge in [-0.05, 0) is 49.2 Å². The van der Waals surface area contributed by atoms with Gasteiger partial charge in [0.1, 0.15) is 11.6 Å². The van der Waals surface area contributed by atoms with Gasteiger partial charge in [0.05, 0.1) is 12.3 Å². The molecule has 0 aliphatic carbocycles. The minimum atomic E-state index is -0.427. The zero-order chi connectivity index (χ0) is 15.9. The van der Waals surface area contributed by atoms with E-state index in [0.717, 1.165) is 15.8 Å². The van der Waals surface area contributed by atoms with Gasteiger partial charge in [0.25, 0.3) is 0 Å². The highest BCUT2D eigenvalue weighted by atomic mass is 79.9. The number of hydrogen-bond donors (Lipinski definition) is 1. The molecule has 0 aliphatic rings. The van der Waals surface area contributed by atoms with E-state index in [2.05, 4.69) is 21.2 Å². The van der Waals surface area contributed by atoms with Crippen LogP contribution in [0.15, 0.2) is 46.9 Å². The molecule has 0 heterocycles. The van der Waals surface area contributed by atoms with E-state index in [4.69, 9.17) is 4.74 Å². The fourth-order valence-electron chi connectivity index (χ4n) is 1.93. The molecule has 0 radical (unpaired) electrons. The fraction of sp³-hybridized carbons (Fsp3) is 0.235. The number of carbonyl (C=O) groups is 1. The van der Waals surface area contributed by atoms with Crippen LogP contribution in [-0.4, -0.2) is 12.5 Å². The van der Waals surface area contributed by atoms with Gasteiger partial charge in [0, 0.05) is 10.9 Å². The summed E-state index contributed by atoms with van der Waals surface area (Å²) in [6.45, 7) is 2.28. The molecule has 0 bridgehead atoms. The van der Waals surface area contributed by atoms with Crippen LogP contribution in [0.1, 0.15) is 18.4 Å². The monoisotopic (exact) mass is 365 g/mol. The highest BCUT2D eigenvalue weighted by molar-refractivity contribution is 9.10. The third-order valence-electron chi connectivity index (χ3n) is 3.01. The van der Waals surface area contributed by atoms with Crippen LogP contribution in [-0.2, 0) is 4.79 Å². The molecule has 2 aromatic rings. The normalized spacial score (nSPS) is 10.3. The average Bonchev–Trinajstić information content (AvgIpc) is 2.48. The Morgan fingerprint density at radius 1 is 1.27 bits per heavy atom. The van der Waals surface area contributed by atoms with Crippen molar-refractivity contribution in [2.75, 3.05) is 11.9 Å². The van der Waals surface area contributed by atoms with E-state index in [9.17, 15) is 9.18 Å². The number of halogens is 2. The molecule has 0 aromatic heterocycles. The summed E-state index contributed by atoms with van der Waals surface area (Å²) in [5, 5.41) is 2.58. The lowest BCUT2D eigenvalue weighted by molar-refractivity contribution is -0.116. The smallest absolute Gasteiger partial charge is 0.224 e. The number of carbonyl (C=O) groups excluding carboxylic acids is 1. The van der Waals surface area contributed by atoms with Gasteiger partial charge in [-0.1, -0.05) is 28.1 Å². The van der Waals surface area contributed by atoms with Crippen molar-refractivity contribution in [1.82, 2.24) is 0 Å². The second-order valence-corrected chi connectivity index (χ2v) is 5.86. The Morgan fingerprint density at radius 3 is 2.86 bits per heavy atom. The molecule has 0 saturated carbocycles. The Morgan fingerprint density at radius 2 is 2.09 bits per heavy atom. The van der Waals surface area contributed by atoms with Gasteiger partial charge in [-0.2, -0.15) is 0 Å². The molecule has 1 amide bonds. The lowest BCUT2D eigenvalue weighted by Gasteiger charge is -2.08. The zero-order valence-corrected chi connectivity index (χ0v) is 13.8. The van der Waals surface area contributed by atoms with Crippen molar-refractivity contribution in [3.8, 4) is 5.75 Å². The zero-order valence-electron chi connectivity index (χ0n) is 12.2. The SMILES string of the molecule is Cc1ccc(F)c(NC(=O)CCCOc2cccc(Br)c2)c1. The van der Waals surface area contributed by atoms with E-state index in [0.29, 0.717) is 13.0 Å². The summed E-state index contributed by atoms with van der Waals surface area (Å²) in [6, 6.07) is 12.1. The summed E-state index contributed by atoms with van der Waals surface area (Å²) in [5.41, 5.74) is 1.12. The molecular formula is C17H17BrFNO2. The lowest BCUT2D eigenvalue weighted by atomic mass is 10.2. The topological polar surface area (TPSA) is 38.3 Å². The molecule has 2 aromatic carbocycles. The molecule has 3 nitrogen and oxygen atoms in total. The standard InChI is InChI=1S/C17H17BrFNO2/c1-12-7-8-15(19)16(10-12)20-17(21)6-3-9-22-14-5-2-4-13(18)11-14/h2,4-5,7-8,10-11H,3,6,9H2,1H3,(H,20,21). The number of benzene rings is 2. The molecule has 0 aliphatic heterocycles. The number of nitrogens with one attached hydrogen (secondary N) is 1. The Bertz CT molecular complexity index is 661. The minimum absolute atomic E-state index is 0.220. The van der Waals surface area contributed by atoms with Crippen molar-refractivity contribution in [3.63, 3.8) is 0 Å². The van der Waals surface area contributed by atoms with Gasteiger partial charge in [-0.25, -0.2) is 4.39 Å². The van der Waals surface area contributed by atoms with Crippen LogP contribution in [0.25, 0.3) is 0 Å². The number of anilines is 1. The highest BCUT2D eigenvalue weighted by Gasteiger charge is 2.07. The summed E-state index contributed by atoms with van der Waals surface area (Å²) < 4.78 is 20.0. The average molecular weight is 366 g/mol. The molecule has 1 N–H and O–H groups in total. The summed E-state index contributed by atoms with van der Waals surface area (Å²) in [7, 11) is 0. The molecule has 0 saturated heterocycles. The first-order valence-corrected chi connectivity index (χ1v) is 7.78. The van der Waals surface area contributed by atoms with Crippen LogP contribution in [0.3, 0.4) is 0 Å². The molecule has 22 heavy (non-hydrogen) atoms.